The SMILES string of the molecule is Fc1cc(Cl)c(NC2CCOc3ccc(Br)cc32)c(Br)c1. The Kier molecular flexibility index (Phi) is 4.43. The minimum atomic E-state index is -0.368. The molecule has 0 saturated carbocycles. The third-order valence-electron chi connectivity index (χ3n) is 3.34. The number of ether oxygens (including phenoxy) is 1. The zero-order valence-corrected chi connectivity index (χ0v) is 14.7. The maximum atomic E-state index is 13.3. The molecule has 2 aromatic carbocycles. The molecule has 0 saturated heterocycles. The second-order valence-electron chi connectivity index (χ2n) is 4.76. The highest BCUT2D eigenvalue weighted by Crippen LogP contribution is 2.40. The van der Waals surface area contributed by atoms with Crippen molar-refractivity contribution in [3.8, 4) is 5.75 Å². The number of hydrogen-bond acceptors (Lipinski definition) is 2. The summed E-state index contributed by atoms with van der Waals surface area (Å²) >= 11 is 13.0. The first-order valence-electron chi connectivity index (χ1n) is 6.38. The standard InChI is InChI=1S/C15H11Br2ClFNO/c16-8-1-2-14-10(5-8)13(3-4-21-14)20-15-11(17)6-9(19)7-12(15)18/h1-2,5-7,13,20H,3-4H2. The fraction of sp³-hybridized carbons (Fsp3) is 0.200. The maximum Gasteiger partial charge on any atom is 0.125 e. The summed E-state index contributed by atoms with van der Waals surface area (Å²) in [5, 5.41) is 3.73. The molecule has 1 aliphatic heterocycles. The van der Waals surface area contributed by atoms with Crippen molar-refractivity contribution in [2.45, 2.75) is 12.5 Å². The molecule has 21 heavy (non-hydrogen) atoms. The summed E-state index contributed by atoms with van der Waals surface area (Å²) < 4.78 is 20.6. The number of halogens is 4. The van der Waals surface area contributed by atoms with Crippen LogP contribution in [0.2, 0.25) is 5.02 Å². The Balaban J connectivity index is 1.96. The lowest BCUT2D eigenvalue weighted by Crippen LogP contribution is -2.20. The zero-order valence-electron chi connectivity index (χ0n) is 10.8. The number of anilines is 1. The van der Waals surface area contributed by atoms with Crippen LogP contribution in [0.3, 0.4) is 0 Å². The lowest BCUT2D eigenvalue weighted by Gasteiger charge is -2.28. The molecule has 0 aromatic heterocycles. The minimum Gasteiger partial charge on any atom is -0.493 e. The van der Waals surface area contributed by atoms with Gasteiger partial charge in [0.25, 0.3) is 0 Å². The molecule has 1 N–H and O–H groups in total. The number of hydrogen-bond donors (Lipinski definition) is 1. The molecule has 0 aliphatic carbocycles. The highest BCUT2D eigenvalue weighted by Gasteiger charge is 2.23. The van der Waals surface area contributed by atoms with Crippen molar-refractivity contribution in [3.63, 3.8) is 0 Å². The molecule has 3 rings (SSSR count). The van der Waals surface area contributed by atoms with Gasteiger partial charge in [-0.1, -0.05) is 27.5 Å². The average Bonchev–Trinajstić information content (AvgIpc) is 2.43. The lowest BCUT2D eigenvalue weighted by molar-refractivity contribution is 0.274. The van der Waals surface area contributed by atoms with Gasteiger partial charge in [0.1, 0.15) is 11.6 Å². The van der Waals surface area contributed by atoms with Crippen molar-refractivity contribution in [1.82, 2.24) is 0 Å². The van der Waals surface area contributed by atoms with Crippen LogP contribution in [0.5, 0.6) is 5.75 Å². The van der Waals surface area contributed by atoms with E-state index >= 15 is 0 Å². The third-order valence-corrected chi connectivity index (χ3v) is 4.75. The summed E-state index contributed by atoms with van der Waals surface area (Å²) in [7, 11) is 0. The predicted molar refractivity (Wildman–Crippen MR) is 89.7 cm³/mol. The Labute approximate surface area is 143 Å². The molecule has 0 bridgehead atoms. The van der Waals surface area contributed by atoms with Crippen molar-refractivity contribution >= 4 is 49.1 Å². The number of benzene rings is 2. The molecule has 1 unspecified atom stereocenters. The molecule has 6 heteroatoms. The van der Waals surface area contributed by atoms with Gasteiger partial charge in [-0.15, -0.1) is 0 Å². The molecule has 2 aromatic rings. The van der Waals surface area contributed by atoms with Crippen molar-refractivity contribution in [2.24, 2.45) is 0 Å². The summed E-state index contributed by atoms with van der Waals surface area (Å²) in [4.78, 5) is 0. The molecule has 110 valence electrons. The van der Waals surface area contributed by atoms with E-state index in [4.69, 9.17) is 16.3 Å². The van der Waals surface area contributed by atoms with Crippen LogP contribution in [0.15, 0.2) is 39.3 Å². The largest absolute Gasteiger partial charge is 0.493 e. The van der Waals surface area contributed by atoms with Gasteiger partial charge >= 0.3 is 0 Å². The molecule has 0 radical (unpaired) electrons. The van der Waals surface area contributed by atoms with Crippen LogP contribution in [-0.2, 0) is 0 Å². The van der Waals surface area contributed by atoms with Crippen LogP contribution in [0.1, 0.15) is 18.0 Å². The van der Waals surface area contributed by atoms with E-state index in [2.05, 4.69) is 37.2 Å². The lowest BCUT2D eigenvalue weighted by atomic mass is 10.0. The van der Waals surface area contributed by atoms with Crippen LogP contribution in [-0.4, -0.2) is 6.61 Å². The summed E-state index contributed by atoms with van der Waals surface area (Å²) in [5.74, 6) is 0.490. The Morgan fingerprint density at radius 2 is 2.05 bits per heavy atom. The third kappa shape index (κ3) is 3.20. The highest BCUT2D eigenvalue weighted by molar-refractivity contribution is 9.10. The first-order valence-corrected chi connectivity index (χ1v) is 8.34. The first-order chi connectivity index (χ1) is 10.0. The normalized spacial score (nSPS) is 17.0. The van der Waals surface area contributed by atoms with Crippen LogP contribution in [0, 0.1) is 5.82 Å². The van der Waals surface area contributed by atoms with Crippen molar-refractivity contribution in [3.05, 3.63) is 55.7 Å². The van der Waals surface area contributed by atoms with Crippen LogP contribution in [0.25, 0.3) is 0 Å². The van der Waals surface area contributed by atoms with Crippen LogP contribution < -0.4 is 10.1 Å². The minimum absolute atomic E-state index is 0.0607. The smallest absolute Gasteiger partial charge is 0.125 e. The topological polar surface area (TPSA) is 21.3 Å². The van der Waals surface area contributed by atoms with Gasteiger partial charge in [0.2, 0.25) is 0 Å². The molecular formula is C15H11Br2ClFNO. The molecule has 2 nitrogen and oxygen atoms in total. The van der Waals surface area contributed by atoms with Crippen LogP contribution >= 0.6 is 43.5 Å². The summed E-state index contributed by atoms with van der Waals surface area (Å²) in [5.41, 5.74) is 1.75. The van der Waals surface area contributed by atoms with E-state index in [0.717, 1.165) is 22.2 Å². The highest BCUT2D eigenvalue weighted by atomic mass is 79.9. The van der Waals surface area contributed by atoms with Gasteiger partial charge in [-0.05, 0) is 46.3 Å². The Hall–Kier alpha value is -0.780. The summed E-state index contributed by atoms with van der Waals surface area (Å²) in [6.07, 6.45) is 0.809. The van der Waals surface area contributed by atoms with Crippen molar-refractivity contribution in [1.29, 1.82) is 0 Å². The molecule has 1 atom stereocenters. The van der Waals surface area contributed by atoms with Crippen molar-refractivity contribution in [2.75, 3.05) is 11.9 Å². The second kappa shape index (κ2) is 6.15. The molecule has 1 heterocycles. The number of fused-ring (bicyclic) bond motifs is 1. The average molecular weight is 436 g/mol. The zero-order chi connectivity index (χ0) is 15.0. The van der Waals surface area contributed by atoms with Gasteiger partial charge in [0, 0.05) is 20.9 Å². The molecular weight excluding hydrogens is 424 g/mol. The molecule has 0 fully saturated rings. The van der Waals surface area contributed by atoms with E-state index in [1.807, 2.05) is 18.2 Å². The van der Waals surface area contributed by atoms with E-state index in [0.29, 0.717) is 21.8 Å². The van der Waals surface area contributed by atoms with Gasteiger partial charge in [-0.25, -0.2) is 4.39 Å². The second-order valence-corrected chi connectivity index (χ2v) is 6.94. The van der Waals surface area contributed by atoms with Gasteiger partial charge in [0.15, 0.2) is 0 Å². The van der Waals surface area contributed by atoms with Gasteiger partial charge in [0.05, 0.1) is 23.4 Å². The summed E-state index contributed by atoms with van der Waals surface area (Å²) in [6, 6.07) is 8.67. The Morgan fingerprint density at radius 3 is 2.81 bits per heavy atom. The van der Waals surface area contributed by atoms with E-state index in [1.165, 1.54) is 12.1 Å². The fourth-order valence-electron chi connectivity index (χ4n) is 2.37. The van der Waals surface area contributed by atoms with E-state index in [1.54, 1.807) is 0 Å². The van der Waals surface area contributed by atoms with Crippen LogP contribution in [0.4, 0.5) is 10.1 Å². The molecule has 1 aliphatic rings. The maximum absolute atomic E-state index is 13.3. The van der Waals surface area contributed by atoms with Gasteiger partial charge in [-0.2, -0.15) is 0 Å². The van der Waals surface area contributed by atoms with E-state index in [-0.39, 0.29) is 11.9 Å². The first kappa shape index (κ1) is 15.1. The quantitative estimate of drug-likeness (QED) is 0.630. The van der Waals surface area contributed by atoms with Crippen molar-refractivity contribution < 1.29 is 9.13 Å². The predicted octanol–water partition coefficient (Wildman–Crippen LogP) is 5.94. The number of rotatable bonds is 2. The molecule has 0 amide bonds. The Morgan fingerprint density at radius 1 is 1.24 bits per heavy atom. The molecule has 0 spiro atoms. The monoisotopic (exact) mass is 433 g/mol. The van der Waals surface area contributed by atoms with Gasteiger partial charge in [-0.3, -0.25) is 0 Å². The summed E-state index contributed by atoms with van der Waals surface area (Å²) in [6.45, 7) is 0.628. The number of nitrogens with one attached hydrogen (secondary N) is 1. The fourth-order valence-corrected chi connectivity index (χ4v) is 3.67. The van der Waals surface area contributed by atoms with Gasteiger partial charge < -0.3 is 10.1 Å². The Bertz CT molecular complexity index is 672. The van der Waals surface area contributed by atoms with E-state index in [9.17, 15) is 4.39 Å². The van der Waals surface area contributed by atoms with E-state index < -0.39 is 0 Å².